The van der Waals surface area contributed by atoms with Gasteiger partial charge in [0.15, 0.2) is 5.82 Å². The van der Waals surface area contributed by atoms with Crippen molar-refractivity contribution in [2.24, 2.45) is 5.92 Å². The minimum atomic E-state index is -0.117. The molecule has 19 heavy (non-hydrogen) atoms. The van der Waals surface area contributed by atoms with Crippen LogP contribution in [0.4, 0.5) is 0 Å². The Bertz CT molecular complexity index is 463. The predicted octanol–water partition coefficient (Wildman–Crippen LogP) is 2.06. The molecule has 1 aromatic rings. The van der Waals surface area contributed by atoms with Crippen LogP contribution in [0.5, 0.6) is 0 Å². The van der Waals surface area contributed by atoms with Crippen molar-refractivity contribution in [3.05, 3.63) is 11.6 Å². The average molecular weight is 263 g/mol. The van der Waals surface area contributed by atoms with E-state index in [9.17, 15) is 4.79 Å². The van der Waals surface area contributed by atoms with Crippen LogP contribution >= 0.6 is 0 Å². The molecular weight excluding hydrogens is 242 g/mol. The quantitative estimate of drug-likeness (QED) is 0.766. The molecule has 1 fully saturated rings. The van der Waals surface area contributed by atoms with Crippen molar-refractivity contribution in [3.63, 3.8) is 0 Å². The molecule has 1 aromatic heterocycles. The molecule has 1 saturated carbocycles. The number of aromatic nitrogens is 3. The second-order valence-corrected chi connectivity index (χ2v) is 5.66. The number of methoxy groups -OCH3 is 1. The number of hydrogen-bond donors (Lipinski definition) is 0. The van der Waals surface area contributed by atoms with Crippen LogP contribution in [0.1, 0.15) is 56.1 Å². The first kappa shape index (κ1) is 12.6. The summed E-state index contributed by atoms with van der Waals surface area (Å²) in [5.74, 6) is 2.33. The normalized spacial score (nSPS) is 23.9. The van der Waals surface area contributed by atoms with Crippen LogP contribution in [-0.2, 0) is 22.5 Å². The number of hydrogen-bond acceptors (Lipinski definition) is 4. The van der Waals surface area contributed by atoms with Crippen molar-refractivity contribution in [1.82, 2.24) is 14.8 Å². The van der Waals surface area contributed by atoms with Gasteiger partial charge in [0, 0.05) is 18.9 Å². The molecule has 0 spiro atoms. The Morgan fingerprint density at radius 1 is 1.26 bits per heavy atom. The van der Waals surface area contributed by atoms with Gasteiger partial charge in [-0.3, -0.25) is 4.79 Å². The van der Waals surface area contributed by atoms with E-state index < -0.39 is 0 Å². The highest BCUT2D eigenvalue weighted by molar-refractivity contribution is 5.72. The standard InChI is InChI=1S/C14H21N3O2/c1-19-14(18)11-7-8-17-12(9-11)15-13(16-17)10-5-3-2-4-6-10/h10-11H,2-9H2,1H3. The molecule has 2 aliphatic rings. The summed E-state index contributed by atoms with van der Waals surface area (Å²) in [5.41, 5.74) is 0. The summed E-state index contributed by atoms with van der Waals surface area (Å²) in [6.45, 7) is 0.787. The van der Waals surface area contributed by atoms with Gasteiger partial charge in [0.25, 0.3) is 0 Å². The molecule has 0 amide bonds. The number of fused-ring (bicyclic) bond motifs is 1. The van der Waals surface area contributed by atoms with Crippen molar-refractivity contribution in [2.45, 2.75) is 57.4 Å². The van der Waals surface area contributed by atoms with Gasteiger partial charge in [0.2, 0.25) is 0 Å². The molecule has 0 radical (unpaired) electrons. The van der Waals surface area contributed by atoms with Crippen LogP contribution in [0.25, 0.3) is 0 Å². The highest BCUT2D eigenvalue weighted by Gasteiger charge is 2.29. The zero-order chi connectivity index (χ0) is 13.2. The van der Waals surface area contributed by atoms with Crippen molar-refractivity contribution in [1.29, 1.82) is 0 Å². The number of carbonyl (C=O) groups is 1. The molecule has 5 nitrogen and oxygen atoms in total. The van der Waals surface area contributed by atoms with E-state index in [1.807, 2.05) is 4.68 Å². The summed E-state index contributed by atoms with van der Waals surface area (Å²) in [6, 6.07) is 0. The SMILES string of the molecule is COC(=O)C1CCn2nc(C3CCCCC3)nc2C1. The molecule has 0 aromatic carbocycles. The van der Waals surface area contributed by atoms with Crippen molar-refractivity contribution < 1.29 is 9.53 Å². The fourth-order valence-electron chi connectivity index (χ4n) is 3.23. The van der Waals surface area contributed by atoms with Gasteiger partial charge in [0.1, 0.15) is 5.82 Å². The highest BCUT2D eigenvalue weighted by Crippen LogP contribution is 2.31. The van der Waals surface area contributed by atoms with Gasteiger partial charge in [-0.05, 0) is 19.3 Å². The fraction of sp³-hybridized carbons (Fsp3) is 0.786. The lowest BCUT2D eigenvalue weighted by atomic mass is 9.89. The van der Waals surface area contributed by atoms with Crippen LogP contribution in [-0.4, -0.2) is 27.8 Å². The minimum absolute atomic E-state index is 0.0408. The van der Waals surface area contributed by atoms with E-state index >= 15 is 0 Å². The Labute approximate surface area is 113 Å². The first-order valence-corrected chi connectivity index (χ1v) is 7.29. The monoisotopic (exact) mass is 263 g/mol. The first-order chi connectivity index (χ1) is 9.28. The molecule has 1 unspecified atom stereocenters. The minimum Gasteiger partial charge on any atom is -0.469 e. The lowest BCUT2D eigenvalue weighted by Gasteiger charge is -2.19. The zero-order valence-corrected chi connectivity index (χ0v) is 11.5. The van der Waals surface area contributed by atoms with Crippen LogP contribution in [0.3, 0.4) is 0 Å². The molecule has 0 N–H and O–H groups in total. The Morgan fingerprint density at radius 3 is 2.79 bits per heavy atom. The van der Waals surface area contributed by atoms with Crippen molar-refractivity contribution in [3.8, 4) is 0 Å². The van der Waals surface area contributed by atoms with E-state index in [4.69, 9.17) is 4.74 Å². The van der Waals surface area contributed by atoms with E-state index in [1.165, 1.54) is 39.2 Å². The van der Waals surface area contributed by atoms with Crippen LogP contribution < -0.4 is 0 Å². The second kappa shape index (κ2) is 5.31. The van der Waals surface area contributed by atoms with E-state index in [1.54, 1.807) is 0 Å². The molecule has 0 saturated heterocycles. The molecule has 1 aliphatic heterocycles. The number of rotatable bonds is 2. The predicted molar refractivity (Wildman–Crippen MR) is 69.7 cm³/mol. The third-order valence-electron chi connectivity index (χ3n) is 4.39. The van der Waals surface area contributed by atoms with E-state index in [-0.39, 0.29) is 11.9 Å². The molecule has 104 valence electrons. The highest BCUT2D eigenvalue weighted by atomic mass is 16.5. The lowest BCUT2D eigenvalue weighted by molar-refractivity contribution is -0.146. The number of carbonyl (C=O) groups excluding carboxylic acids is 1. The maximum atomic E-state index is 11.6. The van der Waals surface area contributed by atoms with Gasteiger partial charge in [-0.2, -0.15) is 5.10 Å². The fourth-order valence-corrected chi connectivity index (χ4v) is 3.23. The third-order valence-corrected chi connectivity index (χ3v) is 4.39. The summed E-state index contributed by atoms with van der Waals surface area (Å²) < 4.78 is 6.82. The van der Waals surface area contributed by atoms with Crippen molar-refractivity contribution >= 4 is 5.97 Å². The second-order valence-electron chi connectivity index (χ2n) is 5.66. The number of esters is 1. The Kier molecular flexibility index (Phi) is 3.53. The van der Waals surface area contributed by atoms with Crippen LogP contribution in [0.2, 0.25) is 0 Å². The van der Waals surface area contributed by atoms with Gasteiger partial charge in [0.05, 0.1) is 13.0 Å². The van der Waals surface area contributed by atoms with E-state index in [0.717, 1.165) is 24.6 Å². The Hall–Kier alpha value is -1.39. The number of ether oxygens (including phenoxy) is 1. The smallest absolute Gasteiger partial charge is 0.309 e. The molecule has 2 heterocycles. The zero-order valence-electron chi connectivity index (χ0n) is 11.5. The first-order valence-electron chi connectivity index (χ1n) is 7.29. The van der Waals surface area contributed by atoms with Gasteiger partial charge in [-0.15, -0.1) is 0 Å². The van der Waals surface area contributed by atoms with Gasteiger partial charge >= 0.3 is 5.97 Å². The van der Waals surface area contributed by atoms with Crippen molar-refractivity contribution in [2.75, 3.05) is 7.11 Å². The van der Waals surface area contributed by atoms with Crippen LogP contribution in [0, 0.1) is 5.92 Å². The Balaban J connectivity index is 1.74. The summed E-state index contributed by atoms with van der Waals surface area (Å²) in [4.78, 5) is 16.3. The molecule has 1 atom stereocenters. The summed E-state index contributed by atoms with van der Waals surface area (Å²) in [5, 5.41) is 4.65. The van der Waals surface area contributed by atoms with E-state index in [0.29, 0.717) is 12.3 Å². The summed E-state index contributed by atoms with van der Waals surface area (Å²) in [7, 11) is 1.45. The lowest BCUT2D eigenvalue weighted by Crippen LogP contribution is -2.27. The summed E-state index contributed by atoms with van der Waals surface area (Å²) in [6.07, 6.45) is 7.83. The number of aryl methyl sites for hydroxylation is 1. The molecular formula is C14H21N3O2. The van der Waals surface area contributed by atoms with Crippen LogP contribution in [0.15, 0.2) is 0 Å². The maximum Gasteiger partial charge on any atom is 0.309 e. The molecule has 5 heteroatoms. The average Bonchev–Trinajstić information content (AvgIpc) is 2.90. The van der Waals surface area contributed by atoms with Gasteiger partial charge in [-0.1, -0.05) is 19.3 Å². The van der Waals surface area contributed by atoms with Gasteiger partial charge in [-0.25, -0.2) is 9.67 Å². The molecule has 1 aliphatic carbocycles. The number of nitrogens with zero attached hydrogens (tertiary/aromatic N) is 3. The largest absolute Gasteiger partial charge is 0.469 e. The topological polar surface area (TPSA) is 57.0 Å². The summed E-state index contributed by atoms with van der Waals surface area (Å²) >= 11 is 0. The third kappa shape index (κ3) is 2.51. The van der Waals surface area contributed by atoms with E-state index in [2.05, 4.69) is 10.1 Å². The molecule has 3 rings (SSSR count). The Morgan fingerprint density at radius 2 is 2.05 bits per heavy atom. The maximum absolute atomic E-state index is 11.6. The van der Waals surface area contributed by atoms with Gasteiger partial charge < -0.3 is 4.74 Å². The molecule has 0 bridgehead atoms.